The number of aromatic nitrogens is 1. The molecule has 0 unspecified atom stereocenters. The zero-order valence-corrected chi connectivity index (χ0v) is 20.9. The Morgan fingerprint density at radius 3 is 2.44 bits per heavy atom. The van der Waals surface area contributed by atoms with Crippen molar-refractivity contribution < 1.29 is 19.0 Å². The van der Waals surface area contributed by atoms with E-state index in [4.69, 9.17) is 19.2 Å². The minimum atomic E-state index is -0.350. The summed E-state index contributed by atoms with van der Waals surface area (Å²) < 4.78 is 16.5. The van der Waals surface area contributed by atoms with Gasteiger partial charge in [0.1, 0.15) is 0 Å². The van der Waals surface area contributed by atoms with E-state index in [0.29, 0.717) is 35.2 Å². The van der Waals surface area contributed by atoms with Crippen LogP contribution in [0.4, 0.5) is 0 Å². The molecule has 3 aliphatic heterocycles. The highest BCUT2D eigenvalue weighted by atomic mass is 16.7. The molecule has 3 aliphatic rings. The highest BCUT2D eigenvalue weighted by Gasteiger charge is 2.29. The topological polar surface area (TPSA) is 64.1 Å². The second-order valence-electron chi connectivity index (χ2n) is 10.00. The summed E-state index contributed by atoms with van der Waals surface area (Å²) in [5, 5.41) is 0.740. The van der Waals surface area contributed by atoms with E-state index in [1.807, 2.05) is 42.5 Å². The van der Waals surface area contributed by atoms with Crippen molar-refractivity contribution in [2.75, 3.05) is 40.1 Å². The average Bonchev–Trinajstić information content (AvgIpc) is 3.40. The zero-order chi connectivity index (χ0) is 24.5. The Hall–Kier alpha value is -3.16. The Balaban J connectivity index is 1.39. The number of fused-ring (bicyclic) bond motifs is 2. The smallest absolute Gasteiger partial charge is 0.338 e. The van der Waals surface area contributed by atoms with Crippen molar-refractivity contribution in [1.29, 1.82) is 0 Å². The van der Waals surface area contributed by atoms with Crippen LogP contribution in [0.2, 0.25) is 0 Å². The summed E-state index contributed by atoms with van der Waals surface area (Å²) in [7, 11) is 1.44. The summed E-state index contributed by atoms with van der Waals surface area (Å²) in [4.78, 5) is 23.5. The molecule has 0 radical (unpaired) electrons. The van der Waals surface area contributed by atoms with E-state index in [2.05, 4.69) is 9.80 Å². The molecular weight excluding hydrogens is 454 g/mol. The number of ether oxygens (including phenoxy) is 3. The van der Waals surface area contributed by atoms with Crippen LogP contribution in [-0.4, -0.2) is 66.9 Å². The van der Waals surface area contributed by atoms with E-state index < -0.39 is 0 Å². The average molecular weight is 488 g/mol. The minimum Gasteiger partial charge on any atom is -0.465 e. The van der Waals surface area contributed by atoms with Crippen molar-refractivity contribution in [3.05, 3.63) is 53.6 Å². The van der Waals surface area contributed by atoms with Gasteiger partial charge < -0.3 is 19.1 Å². The third kappa shape index (κ3) is 4.42. The lowest BCUT2D eigenvalue weighted by molar-refractivity contribution is 0.0598. The van der Waals surface area contributed by atoms with Gasteiger partial charge in [0.25, 0.3) is 0 Å². The molecular formula is C29H33N3O4. The molecule has 0 N–H and O–H groups in total. The number of rotatable bonds is 5. The number of carbonyl (C=O) groups excluding carboxylic acids is 1. The van der Waals surface area contributed by atoms with Crippen LogP contribution in [0.3, 0.4) is 0 Å². The van der Waals surface area contributed by atoms with Crippen LogP contribution in [0.25, 0.3) is 22.2 Å². The molecule has 0 atom stereocenters. The molecule has 6 rings (SSSR count). The maximum Gasteiger partial charge on any atom is 0.338 e. The number of esters is 1. The SMILES string of the molecule is COC(=O)c1c(CN2CCC(N3CCCCC3)CC2)c(-c2ccccc2)nc2cc3c(cc12)OCO3. The summed E-state index contributed by atoms with van der Waals surface area (Å²) >= 11 is 0. The normalized spacial score (nSPS) is 19.0. The second kappa shape index (κ2) is 10.1. The maximum absolute atomic E-state index is 13.3. The molecule has 0 bridgehead atoms. The van der Waals surface area contributed by atoms with Crippen LogP contribution >= 0.6 is 0 Å². The Labute approximate surface area is 212 Å². The van der Waals surface area contributed by atoms with Gasteiger partial charge in [-0.05, 0) is 57.9 Å². The predicted octanol–water partition coefficient (Wildman–Crippen LogP) is 4.87. The van der Waals surface area contributed by atoms with Crippen LogP contribution in [0, 0.1) is 0 Å². The fraction of sp³-hybridized carbons (Fsp3) is 0.448. The first-order valence-corrected chi connectivity index (χ1v) is 13.1. The van der Waals surface area contributed by atoms with Gasteiger partial charge in [-0.15, -0.1) is 0 Å². The first-order valence-electron chi connectivity index (χ1n) is 13.1. The van der Waals surface area contributed by atoms with E-state index >= 15 is 0 Å². The molecule has 0 spiro atoms. The third-order valence-corrected chi connectivity index (χ3v) is 7.86. The zero-order valence-electron chi connectivity index (χ0n) is 20.9. The van der Waals surface area contributed by atoms with Gasteiger partial charge in [0.15, 0.2) is 11.5 Å². The summed E-state index contributed by atoms with van der Waals surface area (Å²) in [6, 6.07) is 14.5. The lowest BCUT2D eigenvalue weighted by Crippen LogP contribution is -2.46. The van der Waals surface area contributed by atoms with Crippen LogP contribution in [0.5, 0.6) is 11.5 Å². The lowest BCUT2D eigenvalue weighted by Gasteiger charge is -2.40. The molecule has 7 heteroatoms. The molecule has 1 aromatic heterocycles. The van der Waals surface area contributed by atoms with Crippen molar-refractivity contribution in [2.45, 2.75) is 44.7 Å². The molecule has 7 nitrogen and oxygen atoms in total. The van der Waals surface area contributed by atoms with E-state index in [9.17, 15) is 4.79 Å². The summed E-state index contributed by atoms with van der Waals surface area (Å²) in [5.74, 6) is 0.934. The summed E-state index contributed by atoms with van der Waals surface area (Å²) in [5.41, 5.74) is 3.99. The fourth-order valence-electron chi connectivity index (χ4n) is 5.97. The number of hydrogen-bond acceptors (Lipinski definition) is 7. The molecule has 4 heterocycles. The lowest BCUT2D eigenvalue weighted by atomic mass is 9.94. The van der Waals surface area contributed by atoms with Crippen molar-refractivity contribution in [1.82, 2.24) is 14.8 Å². The quantitative estimate of drug-likeness (QED) is 0.476. The second-order valence-corrected chi connectivity index (χ2v) is 10.00. The van der Waals surface area contributed by atoms with Crippen molar-refractivity contribution in [2.24, 2.45) is 0 Å². The standard InChI is InChI=1S/C29H33N3O4/c1-34-29(33)27-22-16-25-26(36-19-35-25)17-24(22)30-28(20-8-4-2-5-9-20)23(27)18-31-14-10-21(11-15-31)32-12-6-3-7-13-32/h2,4-5,8-9,16-17,21H,3,6-7,10-15,18-19H2,1H3. The van der Waals surface area contributed by atoms with Gasteiger partial charge in [-0.2, -0.15) is 0 Å². The van der Waals surface area contributed by atoms with Crippen LogP contribution in [0.1, 0.15) is 48.0 Å². The van der Waals surface area contributed by atoms with E-state index in [0.717, 1.165) is 48.1 Å². The molecule has 0 aliphatic carbocycles. The van der Waals surface area contributed by atoms with Gasteiger partial charge in [-0.1, -0.05) is 36.8 Å². The largest absolute Gasteiger partial charge is 0.465 e. The molecule has 2 saturated heterocycles. The Kier molecular flexibility index (Phi) is 6.50. The number of benzene rings is 2. The molecule has 0 saturated carbocycles. The number of likely N-dealkylation sites (tertiary alicyclic amines) is 2. The first-order chi connectivity index (χ1) is 17.7. The number of hydrogen-bond donors (Lipinski definition) is 0. The number of piperidine rings is 2. The molecule has 188 valence electrons. The molecule has 2 fully saturated rings. The summed E-state index contributed by atoms with van der Waals surface area (Å²) in [6.45, 7) is 5.31. The first kappa shape index (κ1) is 23.3. The van der Waals surface area contributed by atoms with Gasteiger partial charge >= 0.3 is 5.97 Å². The minimum absolute atomic E-state index is 0.170. The number of nitrogens with zero attached hydrogens (tertiary/aromatic N) is 3. The van der Waals surface area contributed by atoms with E-state index in [1.165, 1.54) is 39.5 Å². The van der Waals surface area contributed by atoms with E-state index in [-0.39, 0.29) is 12.8 Å². The number of methoxy groups -OCH3 is 1. The molecule has 2 aromatic carbocycles. The Bertz CT molecular complexity index is 1250. The maximum atomic E-state index is 13.3. The predicted molar refractivity (Wildman–Crippen MR) is 138 cm³/mol. The van der Waals surface area contributed by atoms with Gasteiger partial charge in [-0.25, -0.2) is 9.78 Å². The van der Waals surface area contributed by atoms with Crippen molar-refractivity contribution in [3.63, 3.8) is 0 Å². The van der Waals surface area contributed by atoms with E-state index in [1.54, 1.807) is 0 Å². The summed E-state index contributed by atoms with van der Waals surface area (Å²) in [6.07, 6.45) is 6.33. The van der Waals surface area contributed by atoms with Crippen molar-refractivity contribution >= 4 is 16.9 Å². The Morgan fingerprint density at radius 2 is 1.72 bits per heavy atom. The molecule has 3 aromatic rings. The number of carbonyl (C=O) groups is 1. The molecule has 0 amide bonds. The number of pyridine rings is 1. The van der Waals surface area contributed by atoms with Gasteiger partial charge in [0, 0.05) is 35.2 Å². The van der Waals surface area contributed by atoms with Crippen molar-refractivity contribution in [3.8, 4) is 22.8 Å². The Morgan fingerprint density at radius 1 is 1.00 bits per heavy atom. The highest BCUT2D eigenvalue weighted by Crippen LogP contribution is 2.40. The van der Waals surface area contributed by atoms with Crippen LogP contribution in [0.15, 0.2) is 42.5 Å². The van der Waals surface area contributed by atoms with Gasteiger partial charge in [0.05, 0.1) is 23.9 Å². The highest BCUT2D eigenvalue weighted by molar-refractivity contribution is 6.07. The fourth-order valence-corrected chi connectivity index (χ4v) is 5.97. The third-order valence-electron chi connectivity index (χ3n) is 7.86. The van der Waals surface area contributed by atoms with Gasteiger partial charge in [-0.3, -0.25) is 4.90 Å². The molecule has 36 heavy (non-hydrogen) atoms. The van der Waals surface area contributed by atoms with Gasteiger partial charge in [0.2, 0.25) is 6.79 Å². The van der Waals surface area contributed by atoms with Crippen LogP contribution < -0.4 is 9.47 Å². The monoisotopic (exact) mass is 487 g/mol. The van der Waals surface area contributed by atoms with Crippen LogP contribution in [-0.2, 0) is 11.3 Å².